The first kappa shape index (κ1) is 14.2. The topological polar surface area (TPSA) is 52.6 Å². The van der Waals surface area contributed by atoms with Crippen molar-refractivity contribution in [3.05, 3.63) is 37.0 Å². The van der Waals surface area contributed by atoms with Crippen LogP contribution in [-0.2, 0) is 19.1 Å². The predicted octanol–water partition coefficient (Wildman–Crippen LogP) is 1.78. The van der Waals surface area contributed by atoms with Crippen LogP contribution >= 0.6 is 0 Å². The van der Waals surface area contributed by atoms with E-state index in [1.807, 2.05) is 6.92 Å². The normalized spacial score (nSPS) is 9.81. The van der Waals surface area contributed by atoms with Gasteiger partial charge in [-0.3, -0.25) is 4.79 Å². The van der Waals surface area contributed by atoms with E-state index in [2.05, 4.69) is 13.2 Å². The van der Waals surface area contributed by atoms with E-state index in [1.54, 1.807) is 12.2 Å². The molecule has 88 valence electrons. The standard InChI is InChI=1S/C12H16O4/c1-4-6-8-16-12(14)10(3)9-11(13)15-7-5-2/h4-6H,2-3,7-9H2,1H3. The Morgan fingerprint density at radius 1 is 1.25 bits per heavy atom. The predicted molar refractivity (Wildman–Crippen MR) is 60.7 cm³/mol. The molecule has 0 aromatic heterocycles. The summed E-state index contributed by atoms with van der Waals surface area (Å²) in [5.74, 6) is -1.11. The van der Waals surface area contributed by atoms with Crippen LogP contribution in [0.1, 0.15) is 13.3 Å². The van der Waals surface area contributed by atoms with Crippen molar-refractivity contribution >= 4 is 11.9 Å². The first-order valence-corrected chi connectivity index (χ1v) is 4.84. The first-order chi connectivity index (χ1) is 7.61. The average Bonchev–Trinajstić information content (AvgIpc) is 2.26. The van der Waals surface area contributed by atoms with Gasteiger partial charge in [0.1, 0.15) is 13.2 Å². The number of carbonyl (C=O) groups is 2. The lowest BCUT2D eigenvalue weighted by Crippen LogP contribution is -2.13. The molecule has 0 aliphatic rings. The number of rotatable bonds is 7. The molecule has 4 nitrogen and oxygen atoms in total. The van der Waals surface area contributed by atoms with Gasteiger partial charge in [-0.1, -0.05) is 31.4 Å². The van der Waals surface area contributed by atoms with E-state index in [4.69, 9.17) is 9.47 Å². The summed E-state index contributed by atoms with van der Waals surface area (Å²) in [4.78, 5) is 22.3. The summed E-state index contributed by atoms with van der Waals surface area (Å²) in [6.07, 6.45) is 4.73. The molecule has 0 atom stereocenters. The molecule has 0 bridgehead atoms. The summed E-state index contributed by atoms with van der Waals surface area (Å²) in [6.45, 7) is 8.97. The second-order valence-corrected chi connectivity index (χ2v) is 2.92. The molecule has 0 N–H and O–H groups in total. The van der Waals surface area contributed by atoms with E-state index in [9.17, 15) is 9.59 Å². The molecule has 0 aliphatic carbocycles. The molecule has 0 aromatic carbocycles. The summed E-state index contributed by atoms with van der Waals surface area (Å²) >= 11 is 0. The molecule has 16 heavy (non-hydrogen) atoms. The molecule has 0 unspecified atom stereocenters. The Morgan fingerprint density at radius 3 is 2.50 bits per heavy atom. The minimum absolute atomic E-state index is 0.0820. The Hall–Kier alpha value is -1.84. The van der Waals surface area contributed by atoms with Crippen LogP contribution in [0.15, 0.2) is 37.0 Å². The number of carbonyl (C=O) groups excluding carboxylic acids is 2. The highest BCUT2D eigenvalue weighted by Gasteiger charge is 2.13. The van der Waals surface area contributed by atoms with E-state index in [1.165, 1.54) is 6.08 Å². The number of ether oxygens (including phenoxy) is 2. The summed E-state index contributed by atoms with van der Waals surface area (Å²) in [7, 11) is 0. The van der Waals surface area contributed by atoms with Gasteiger partial charge in [0.25, 0.3) is 0 Å². The molecule has 0 radical (unpaired) electrons. The van der Waals surface area contributed by atoms with Crippen molar-refractivity contribution in [3.63, 3.8) is 0 Å². The third-order valence-corrected chi connectivity index (χ3v) is 1.55. The van der Waals surface area contributed by atoms with Crippen LogP contribution < -0.4 is 0 Å². The van der Waals surface area contributed by atoms with Gasteiger partial charge in [-0.15, -0.1) is 0 Å². The first-order valence-electron chi connectivity index (χ1n) is 4.84. The highest BCUT2D eigenvalue weighted by Crippen LogP contribution is 2.03. The van der Waals surface area contributed by atoms with Crippen molar-refractivity contribution in [1.29, 1.82) is 0 Å². The van der Waals surface area contributed by atoms with E-state index < -0.39 is 11.9 Å². The van der Waals surface area contributed by atoms with Crippen LogP contribution in [0.2, 0.25) is 0 Å². The van der Waals surface area contributed by atoms with Gasteiger partial charge in [0.15, 0.2) is 0 Å². The fraction of sp³-hybridized carbons (Fsp3) is 0.333. The lowest BCUT2D eigenvalue weighted by molar-refractivity contribution is -0.145. The van der Waals surface area contributed by atoms with Crippen LogP contribution in [0.4, 0.5) is 0 Å². The summed E-state index contributed by atoms with van der Waals surface area (Å²) in [6, 6.07) is 0. The molecule has 4 heteroatoms. The zero-order chi connectivity index (χ0) is 12.4. The van der Waals surface area contributed by atoms with Gasteiger partial charge in [-0.05, 0) is 6.92 Å². The molecule has 0 aliphatic heterocycles. The van der Waals surface area contributed by atoms with Gasteiger partial charge >= 0.3 is 11.9 Å². The molecule has 0 amide bonds. The average molecular weight is 224 g/mol. The Labute approximate surface area is 95.2 Å². The zero-order valence-electron chi connectivity index (χ0n) is 9.40. The van der Waals surface area contributed by atoms with Crippen LogP contribution in [0, 0.1) is 0 Å². The highest BCUT2D eigenvalue weighted by molar-refractivity contribution is 5.93. The summed E-state index contributed by atoms with van der Waals surface area (Å²) < 4.78 is 9.49. The Kier molecular flexibility index (Phi) is 7.49. The third-order valence-electron chi connectivity index (χ3n) is 1.55. The second-order valence-electron chi connectivity index (χ2n) is 2.92. The van der Waals surface area contributed by atoms with Gasteiger partial charge in [0.2, 0.25) is 0 Å². The molecule has 0 saturated carbocycles. The minimum atomic E-state index is -0.589. The maximum atomic E-state index is 11.2. The van der Waals surface area contributed by atoms with E-state index in [-0.39, 0.29) is 25.2 Å². The van der Waals surface area contributed by atoms with Crippen molar-refractivity contribution in [1.82, 2.24) is 0 Å². The molecule has 0 spiro atoms. The number of hydrogen-bond acceptors (Lipinski definition) is 4. The molecular weight excluding hydrogens is 208 g/mol. The molecule has 0 heterocycles. The quantitative estimate of drug-likeness (QED) is 0.376. The number of hydrogen-bond donors (Lipinski definition) is 0. The van der Waals surface area contributed by atoms with Crippen molar-refractivity contribution in [2.45, 2.75) is 13.3 Å². The van der Waals surface area contributed by atoms with Crippen LogP contribution in [-0.4, -0.2) is 25.2 Å². The van der Waals surface area contributed by atoms with Gasteiger partial charge in [-0.25, -0.2) is 4.79 Å². The van der Waals surface area contributed by atoms with E-state index in [0.29, 0.717) is 0 Å². The highest BCUT2D eigenvalue weighted by atomic mass is 16.5. The second kappa shape index (κ2) is 8.47. The lowest BCUT2D eigenvalue weighted by Gasteiger charge is -2.04. The van der Waals surface area contributed by atoms with Crippen LogP contribution in [0.3, 0.4) is 0 Å². The van der Waals surface area contributed by atoms with Gasteiger partial charge in [0, 0.05) is 5.57 Å². The molecule has 0 aromatic rings. The van der Waals surface area contributed by atoms with Gasteiger partial charge in [-0.2, -0.15) is 0 Å². The Morgan fingerprint density at radius 2 is 1.94 bits per heavy atom. The maximum Gasteiger partial charge on any atom is 0.334 e. The largest absolute Gasteiger partial charge is 0.461 e. The number of esters is 2. The van der Waals surface area contributed by atoms with Crippen LogP contribution in [0.25, 0.3) is 0 Å². The molecule has 0 rings (SSSR count). The molecule has 0 saturated heterocycles. The van der Waals surface area contributed by atoms with Gasteiger partial charge < -0.3 is 9.47 Å². The smallest absolute Gasteiger partial charge is 0.334 e. The van der Waals surface area contributed by atoms with Crippen molar-refractivity contribution in [2.24, 2.45) is 0 Å². The minimum Gasteiger partial charge on any atom is -0.461 e. The Bertz CT molecular complexity index is 302. The molecule has 0 fully saturated rings. The summed E-state index contributed by atoms with van der Waals surface area (Å²) in [5, 5.41) is 0. The molecular formula is C12H16O4. The zero-order valence-corrected chi connectivity index (χ0v) is 9.40. The maximum absolute atomic E-state index is 11.2. The van der Waals surface area contributed by atoms with Gasteiger partial charge in [0.05, 0.1) is 6.42 Å². The third kappa shape index (κ3) is 6.59. The van der Waals surface area contributed by atoms with E-state index in [0.717, 1.165) is 0 Å². The number of allylic oxidation sites excluding steroid dienone is 1. The summed E-state index contributed by atoms with van der Waals surface area (Å²) in [5.41, 5.74) is 0.0820. The fourth-order valence-electron chi connectivity index (χ4n) is 0.771. The monoisotopic (exact) mass is 224 g/mol. The fourth-order valence-corrected chi connectivity index (χ4v) is 0.771. The lowest BCUT2D eigenvalue weighted by atomic mass is 10.2. The van der Waals surface area contributed by atoms with Crippen molar-refractivity contribution in [2.75, 3.05) is 13.2 Å². The van der Waals surface area contributed by atoms with Crippen molar-refractivity contribution < 1.29 is 19.1 Å². The SMILES string of the molecule is C=CCOC(=O)CC(=C)C(=O)OCC=CC. The van der Waals surface area contributed by atoms with E-state index >= 15 is 0 Å². The Balaban J connectivity index is 3.90. The van der Waals surface area contributed by atoms with Crippen LogP contribution in [0.5, 0.6) is 0 Å². The van der Waals surface area contributed by atoms with Crippen molar-refractivity contribution in [3.8, 4) is 0 Å².